The summed E-state index contributed by atoms with van der Waals surface area (Å²) < 4.78 is 30.2. The van der Waals surface area contributed by atoms with Crippen LogP contribution in [0, 0.1) is 0 Å². The first-order valence-electron chi connectivity index (χ1n) is 9.36. The summed E-state index contributed by atoms with van der Waals surface area (Å²) in [7, 11) is -3.96. The SMILES string of the molecule is CCOC(=O)C(NP(=O)(Oc1ccccc1)Oc1ccccc1)=C1CCCC1. The smallest absolute Gasteiger partial charge is 0.461 e. The fraction of sp³-hybridized carbons (Fsp3) is 0.286. The molecule has 0 atom stereocenters. The molecule has 0 bridgehead atoms. The Morgan fingerprint density at radius 2 is 1.43 bits per heavy atom. The number of carbonyl (C=O) groups is 1. The Labute approximate surface area is 165 Å². The molecule has 2 aromatic carbocycles. The maximum Gasteiger partial charge on any atom is 0.541 e. The average molecular weight is 401 g/mol. The summed E-state index contributed by atoms with van der Waals surface area (Å²) in [5, 5.41) is 2.77. The molecule has 28 heavy (non-hydrogen) atoms. The molecule has 3 rings (SSSR count). The molecule has 6 nitrogen and oxygen atoms in total. The lowest BCUT2D eigenvalue weighted by molar-refractivity contribution is -0.138. The molecule has 0 aliphatic heterocycles. The van der Waals surface area contributed by atoms with Crippen LogP contribution in [0.5, 0.6) is 11.5 Å². The topological polar surface area (TPSA) is 73.9 Å². The van der Waals surface area contributed by atoms with Gasteiger partial charge in [-0.1, -0.05) is 36.4 Å². The van der Waals surface area contributed by atoms with Crippen LogP contribution in [0.1, 0.15) is 32.6 Å². The zero-order valence-electron chi connectivity index (χ0n) is 15.8. The van der Waals surface area contributed by atoms with E-state index in [9.17, 15) is 9.36 Å². The van der Waals surface area contributed by atoms with Crippen LogP contribution in [0.3, 0.4) is 0 Å². The average Bonchev–Trinajstić information content (AvgIpc) is 3.22. The quantitative estimate of drug-likeness (QED) is 0.371. The van der Waals surface area contributed by atoms with Gasteiger partial charge >= 0.3 is 13.7 Å². The third-order valence-corrected chi connectivity index (χ3v) is 5.63. The van der Waals surface area contributed by atoms with Crippen molar-refractivity contribution in [2.75, 3.05) is 6.61 Å². The van der Waals surface area contributed by atoms with Crippen LogP contribution < -0.4 is 14.1 Å². The van der Waals surface area contributed by atoms with Crippen molar-refractivity contribution >= 4 is 13.7 Å². The second-order valence-corrected chi connectivity index (χ2v) is 7.91. The molecule has 0 saturated heterocycles. The summed E-state index contributed by atoms with van der Waals surface area (Å²) in [5.74, 6) is 0.190. The normalized spacial score (nSPS) is 13.7. The van der Waals surface area contributed by atoms with Gasteiger partial charge in [-0.3, -0.25) is 5.09 Å². The fourth-order valence-corrected chi connectivity index (χ4v) is 4.42. The summed E-state index contributed by atoms with van der Waals surface area (Å²) in [6.07, 6.45) is 3.45. The van der Waals surface area contributed by atoms with Gasteiger partial charge in [-0.2, -0.15) is 0 Å². The van der Waals surface area contributed by atoms with Gasteiger partial charge in [0.15, 0.2) is 0 Å². The Kier molecular flexibility index (Phi) is 6.77. The molecule has 2 aromatic rings. The number of hydrogen-bond donors (Lipinski definition) is 1. The lowest BCUT2D eigenvalue weighted by Crippen LogP contribution is -2.26. The number of allylic oxidation sites excluding steroid dienone is 1. The number of hydrogen-bond acceptors (Lipinski definition) is 5. The Balaban J connectivity index is 1.93. The maximum absolute atomic E-state index is 13.6. The molecule has 0 heterocycles. The first-order chi connectivity index (χ1) is 13.6. The van der Waals surface area contributed by atoms with E-state index >= 15 is 0 Å². The van der Waals surface area contributed by atoms with Crippen molar-refractivity contribution in [3.05, 3.63) is 71.9 Å². The molecule has 148 valence electrons. The van der Waals surface area contributed by atoms with Crippen LogP contribution >= 0.6 is 7.75 Å². The molecule has 0 amide bonds. The highest BCUT2D eigenvalue weighted by atomic mass is 31.2. The molecule has 0 radical (unpaired) electrons. The zero-order chi connectivity index (χ0) is 19.8. The van der Waals surface area contributed by atoms with Gasteiger partial charge in [0.2, 0.25) is 0 Å². The van der Waals surface area contributed by atoms with Gasteiger partial charge in [-0.15, -0.1) is 0 Å². The van der Waals surface area contributed by atoms with E-state index in [1.807, 2.05) is 12.1 Å². The summed E-state index contributed by atoms with van der Waals surface area (Å²) in [6, 6.07) is 17.4. The predicted octanol–water partition coefficient (Wildman–Crippen LogP) is 5.23. The van der Waals surface area contributed by atoms with Crippen LogP contribution in [-0.2, 0) is 14.1 Å². The predicted molar refractivity (Wildman–Crippen MR) is 107 cm³/mol. The van der Waals surface area contributed by atoms with Crippen LogP contribution in [-0.4, -0.2) is 12.6 Å². The molecule has 7 heteroatoms. The zero-order valence-corrected chi connectivity index (χ0v) is 16.7. The van der Waals surface area contributed by atoms with E-state index in [-0.39, 0.29) is 12.3 Å². The second-order valence-electron chi connectivity index (χ2n) is 6.32. The minimum Gasteiger partial charge on any atom is -0.461 e. The van der Waals surface area contributed by atoms with Crippen molar-refractivity contribution in [2.24, 2.45) is 0 Å². The monoisotopic (exact) mass is 401 g/mol. The number of benzene rings is 2. The van der Waals surface area contributed by atoms with Crippen molar-refractivity contribution in [1.29, 1.82) is 0 Å². The van der Waals surface area contributed by atoms with Gasteiger partial charge in [0.1, 0.15) is 17.2 Å². The highest BCUT2D eigenvalue weighted by Crippen LogP contribution is 2.46. The minimum absolute atomic E-state index is 0.176. The van der Waals surface area contributed by atoms with Crippen LogP contribution in [0.2, 0.25) is 0 Å². The van der Waals surface area contributed by atoms with Gasteiger partial charge in [0.05, 0.1) is 6.61 Å². The van der Waals surface area contributed by atoms with Crippen molar-refractivity contribution in [1.82, 2.24) is 5.09 Å². The van der Waals surface area contributed by atoms with E-state index < -0.39 is 13.7 Å². The number of para-hydroxylation sites is 2. The fourth-order valence-electron chi connectivity index (χ4n) is 2.97. The van der Waals surface area contributed by atoms with Crippen LogP contribution in [0.4, 0.5) is 0 Å². The summed E-state index contributed by atoms with van der Waals surface area (Å²) in [5.41, 5.74) is 1.06. The Hall–Kier alpha value is -2.72. The largest absolute Gasteiger partial charge is 0.541 e. The van der Waals surface area contributed by atoms with E-state index in [0.717, 1.165) is 31.3 Å². The molecular formula is C21H24NO5P. The molecule has 1 fully saturated rings. The third kappa shape index (κ3) is 5.40. The van der Waals surface area contributed by atoms with Crippen molar-refractivity contribution in [3.63, 3.8) is 0 Å². The molecule has 1 aliphatic rings. The Morgan fingerprint density at radius 1 is 0.929 bits per heavy atom. The van der Waals surface area contributed by atoms with E-state index in [1.54, 1.807) is 55.5 Å². The maximum atomic E-state index is 13.6. The molecule has 1 aliphatic carbocycles. The lowest BCUT2D eigenvalue weighted by atomic mass is 10.2. The van der Waals surface area contributed by atoms with Crippen LogP contribution in [0.25, 0.3) is 0 Å². The number of esters is 1. The highest BCUT2D eigenvalue weighted by Gasteiger charge is 2.34. The minimum atomic E-state index is -3.96. The molecule has 0 aromatic heterocycles. The molecular weight excluding hydrogens is 377 g/mol. The number of ether oxygens (including phenoxy) is 1. The third-order valence-electron chi connectivity index (χ3n) is 4.23. The van der Waals surface area contributed by atoms with E-state index in [0.29, 0.717) is 11.5 Å². The number of nitrogens with one attached hydrogen (secondary N) is 1. The number of carbonyl (C=O) groups excluding carboxylic acids is 1. The van der Waals surface area contributed by atoms with Gasteiger partial charge in [-0.05, 0) is 62.4 Å². The van der Waals surface area contributed by atoms with Gasteiger partial charge < -0.3 is 13.8 Å². The summed E-state index contributed by atoms with van der Waals surface area (Å²) in [6.45, 7) is 1.95. The Bertz CT molecular complexity index is 813. The van der Waals surface area contributed by atoms with Crippen molar-refractivity contribution in [2.45, 2.75) is 32.6 Å². The summed E-state index contributed by atoms with van der Waals surface area (Å²) >= 11 is 0. The van der Waals surface area contributed by atoms with Gasteiger partial charge in [-0.25, -0.2) is 9.36 Å². The lowest BCUT2D eigenvalue weighted by Gasteiger charge is -2.23. The van der Waals surface area contributed by atoms with Crippen molar-refractivity contribution in [3.8, 4) is 11.5 Å². The van der Waals surface area contributed by atoms with E-state index in [2.05, 4.69) is 5.09 Å². The molecule has 0 unspecified atom stereocenters. The highest BCUT2D eigenvalue weighted by molar-refractivity contribution is 7.52. The molecule has 0 spiro atoms. The second kappa shape index (κ2) is 9.47. The molecule has 1 N–H and O–H groups in total. The summed E-state index contributed by atoms with van der Waals surface area (Å²) in [4.78, 5) is 12.5. The van der Waals surface area contributed by atoms with Gasteiger partial charge in [0, 0.05) is 0 Å². The van der Waals surface area contributed by atoms with Crippen LogP contribution in [0.15, 0.2) is 71.9 Å². The van der Waals surface area contributed by atoms with Crippen molar-refractivity contribution < 1.29 is 23.1 Å². The Morgan fingerprint density at radius 3 is 1.89 bits per heavy atom. The van der Waals surface area contributed by atoms with Gasteiger partial charge in [0.25, 0.3) is 0 Å². The van der Waals surface area contributed by atoms with E-state index in [4.69, 9.17) is 13.8 Å². The molecule has 1 saturated carbocycles. The number of rotatable bonds is 8. The van der Waals surface area contributed by atoms with E-state index in [1.165, 1.54) is 0 Å². The first kappa shape index (κ1) is 20.0. The standard InChI is InChI=1S/C21H24NO5P/c1-2-25-21(23)20(17-11-9-10-12-17)22-28(24,26-18-13-5-3-6-14-18)27-19-15-7-4-8-16-19/h3-8,13-16H,2,9-12H2,1H3,(H,22,24). The first-order valence-corrected chi connectivity index (χ1v) is 10.9.